The number of amides is 1. The van der Waals surface area contributed by atoms with Gasteiger partial charge in [-0.05, 0) is 67.4 Å². The summed E-state index contributed by atoms with van der Waals surface area (Å²) in [6.45, 7) is 0.488. The van der Waals surface area contributed by atoms with E-state index in [4.69, 9.17) is 21.1 Å². The quantitative estimate of drug-likeness (QED) is 0.483. The first-order chi connectivity index (χ1) is 16.4. The Balaban J connectivity index is 1.49. The van der Waals surface area contributed by atoms with Crippen LogP contribution in [0, 0.1) is 5.92 Å². The number of methoxy groups -OCH3 is 1. The van der Waals surface area contributed by atoms with Crippen LogP contribution in [0.25, 0.3) is 0 Å². The Kier molecular flexibility index (Phi) is 7.41. The van der Waals surface area contributed by atoms with Crippen LogP contribution in [0.1, 0.15) is 12.8 Å². The van der Waals surface area contributed by atoms with Gasteiger partial charge in [0.05, 0.1) is 23.6 Å². The van der Waals surface area contributed by atoms with Crippen molar-refractivity contribution in [1.29, 1.82) is 0 Å². The summed E-state index contributed by atoms with van der Waals surface area (Å²) in [6, 6.07) is 20.3. The van der Waals surface area contributed by atoms with E-state index in [0.717, 1.165) is 0 Å². The summed E-state index contributed by atoms with van der Waals surface area (Å²) in [5.41, 5.74) is 0.413. The average molecular weight is 501 g/mol. The molecule has 0 spiro atoms. The summed E-state index contributed by atoms with van der Waals surface area (Å²) in [5.74, 6) is 0.906. The van der Waals surface area contributed by atoms with Crippen LogP contribution in [0.4, 0.5) is 5.69 Å². The van der Waals surface area contributed by atoms with Gasteiger partial charge in [-0.3, -0.25) is 4.79 Å². The van der Waals surface area contributed by atoms with Crippen LogP contribution in [0.5, 0.6) is 17.2 Å². The Hall–Kier alpha value is -3.07. The smallest absolute Gasteiger partial charge is 0.243 e. The summed E-state index contributed by atoms with van der Waals surface area (Å²) in [7, 11) is -2.08. The molecule has 0 bridgehead atoms. The molecule has 3 aromatic rings. The van der Waals surface area contributed by atoms with Gasteiger partial charge in [0.25, 0.3) is 0 Å². The lowest BCUT2D eigenvalue weighted by molar-refractivity contribution is -0.120. The molecule has 0 radical (unpaired) electrons. The van der Waals surface area contributed by atoms with Crippen molar-refractivity contribution in [2.45, 2.75) is 17.7 Å². The van der Waals surface area contributed by atoms with Gasteiger partial charge in [0.15, 0.2) is 5.75 Å². The maximum atomic E-state index is 13.1. The van der Waals surface area contributed by atoms with Gasteiger partial charge in [-0.2, -0.15) is 4.31 Å². The van der Waals surface area contributed by atoms with E-state index in [1.807, 2.05) is 0 Å². The van der Waals surface area contributed by atoms with Crippen LogP contribution in [-0.4, -0.2) is 38.8 Å². The lowest BCUT2D eigenvalue weighted by Gasteiger charge is -2.31. The molecule has 1 saturated heterocycles. The van der Waals surface area contributed by atoms with E-state index in [1.165, 1.54) is 4.31 Å². The maximum absolute atomic E-state index is 13.1. The topological polar surface area (TPSA) is 84.9 Å². The first kappa shape index (κ1) is 24.1. The molecule has 3 aromatic carbocycles. The minimum Gasteiger partial charge on any atom is -0.497 e. The summed E-state index contributed by atoms with van der Waals surface area (Å²) in [6.07, 6.45) is 1.18. The predicted octanol–water partition coefficient (Wildman–Crippen LogP) is 5.18. The number of piperidine rings is 1. The molecular formula is C25H25ClN2O5S. The standard InChI is InChI=1S/C25H25ClN2O5S/c1-32-20-10-12-21(13-11-20)33-24-14-9-19(26)16-23(24)27-25(29)18-6-5-15-28(17-18)34(30,31)22-7-3-2-4-8-22/h2-4,7-14,16,18H,5-6,15,17H2,1H3,(H,27,29)/t18-/m0/s1. The molecular weight excluding hydrogens is 476 g/mol. The highest BCUT2D eigenvalue weighted by atomic mass is 35.5. The number of nitrogens with one attached hydrogen (secondary N) is 1. The third kappa shape index (κ3) is 5.52. The van der Waals surface area contributed by atoms with Crippen LogP contribution in [-0.2, 0) is 14.8 Å². The fraction of sp³-hybridized carbons (Fsp3) is 0.240. The van der Waals surface area contributed by atoms with E-state index in [9.17, 15) is 13.2 Å². The zero-order valence-corrected chi connectivity index (χ0v) is 20.2. The molecule has 0 unspecified atom stereocenters. The third-order valence-electron chi connectivity index (χ3n) is 5.62. The van der Waals surface area contributed by atoms with Crippen molar-refractivity contribution in [3.05, 3.63) is 77.8 Å². The number of carbonyl (C=O) groups is 1. The van der Waals surface area contributed by atoms with E-state index in [2.05, 4.69) is 5.32 Å². The lowest BCUT2D eigenvalue weighted by atomic mass is 9.98. The molecule has 0 aliphatic carbocycles. The molecule has 9 heteroatoms. The Morgan fingerprint density at radius 2 is 1.74 bits per heavy atom. The van der Waals surface area contributed by atoms with Crippen LogP contribution < -0.4 is 14.8 Å². The van der Waals surface area contributed by atoms with Crippen molar-refractivity contribution in [2.75, 3.05) is 25.5 Å². The van der Waals surface area contributed by atoms with E-state index in [1.54, 1.807) is 79.9 Å². The van der Waals surface area contributed by atoms with Crippen molar-refractivity contribution >= 4 is 33.2 Å². The summed E-state index contributed by atoms with van der Waals surface area (Å²) < 4.78 is 38.5. The number of nitrogens with zero attached hydrogens (tertiary/aromatic N) is 1. The van der Waals surface area contributed by atoms with Gasteiger partial charge in [0.2, 0.25) is 15.9 Å². The van der Waals surface area contributed by atoms with Crippen LogP contribution in [0.3, 0.4) is 0 Å². The predicted molar refractivity (Wildman–Crippen MR) is 131 cm³/mol. The third-order valence-corrected chi connectivity index (χ3v) is 7.74. The molecule has 34 heavy (non-hydrogen) atoms. The van der Waals surface area contributed by atoms with Crippen molar-refractivity contribution in [2.24, 2.45) is 5.92 Å². The Labute approximate surface area is 204 Å². The monoisotopic (exact) mass is 500 g/mol. The van der Waals surface area contributed by atoms with Crippen molar-refractivity contribution in [3.63, 3.8) is 0 Å². The highest BCUT2D eigenvalue weighted by Gasteiger charge is 2.33. The van der Waals surface area contributed by atoms with Crippen molar-refractivity contribution < 1.29 is 22.7 Å². The molecule has 1 N–H and O–H groups in total. The van der Waals surface area contributed by atoms with E-state index in [0.29, 0.717) is 47.3 Å². The van der Waals surface area contributed by atoms with Gasteiger partial charge in [-0.15, -0.1) is 0 Å². The fourth-order valence-electron chi connectivity index (χ4n) is 3.81. The number of ether oxygens (including phenoxy) is 2. The molecule has 1 atom stereocenters. The number of hydrogen-bond acceptors (Lipinski definition) is 5. The number of benzene rings is 3. The second kappa shape index (κ2) is 10.5. The Morgan fingerprint density at radius 3 is 2.44 bits per heavy atom. The number of hydrogen-bond donors (Lipinski definition) is 1. The molecule has 1 fully saturated rings. The largest absolute Gasteiger partial charge is 0.497 e. The Bertz CT molecular complexity index is 1250. The summed E-state index contributed by atoms with van der Waals surface area (Å²) in [5, 5.41) is 3.32. The van der Waals surface area contributed by atoms with Crippen LogP contribution in [0.15, 0.2) is 77.7 Å². The molecule has 4 rings (SSSR count). The molecule has 0 saturated carbocycles. The van der Waals surface area contributed by atoms with Crippen LogP contribution >= 0.6 is 11.6 Å². The second-order valence-corrected chi connectivity index (χ2v) is 10.3. The highest BCUT2D eigenvalue weighted by molar-refractivity contribution is 7.89. The number of anilines is 1. The summed E-state index contributed by atoms with van der Waals surface area (Å²) in [4.78, 5) is 13.4. The Morgan fingerprint density at radius 1 is 1.03 bits per heavy atom. The molecule has 1 amide bonds. The second-order valence-electron chi connectivity index (χ2n) is 7.92. The van der Waals surface area contributed by atoms with E-state index in [-0.39, 0.29) is 17.3 Å². The van der Waals surface area contributed by atoms with Gasteiger partial charge >= 0.3 is 0 Å². The first-order valence-electron chi connectivity index (χ1n) is 10.8. The lowest BCUT2D eigenvalue weighted by Crippen LogP contribution is -2.43. The van der Waals surface area contributed by atoms with Crippen molar-refractivity contribution in [3.8, 4) is 17.2 Å². The molecule has 178 valence electrons. The van der Waals surface area contributed by atoms with Crippen LogP contribution in [0.2, 0.25) is 5.02 Å². The number of sulfonamides is 1. The maximum Gasteiger partial charge on any atom is 0.243 e. The zero-order chi connectivity index (χ0) is 24.1. The van der Waals surface area contributed by atoms with Gasteiger partial charge in [-0.25, -0.2) is 8.42 Å². The van der Waals surface area contributed by atoms with Gasteiger partial charge in [0, 0.05) is 18.1 Å². The van der Waals surface area contributed by atoms with Gasteiger partial charge in [0.1, 0.15) is 11.5 Å². The van der Waals surface area contributed by atoms with Gasteiger partial charge < -0.3 is 14.8 Å². The molecule has 1 aliphatic rings. The highest BCUT2D eigenvalue weighted by Crippen LogP contribution is 2.34. The number of halogens is 1. The molecule has 7 nitrogen and oxygen atoms in total. The van der Waals surface area contributed by atoms with E-state index >= 15 is 0 Å². The first-order valence-corrected chi connectivity index (χ1v) is 12.7. The normalized spacial score (nSPS) is 16.6. The zero-order valence-electron chi connectivity index (χ0n) is 18.6. The van der Waals surface area contributed by atoms with Crippen molar-refractivity contribution in [1.82, 2.24) is 4.31 Å². The molecule has 1 heterocycles. The minimum absolute atomic E-state index is 0.109. The van der Waals surface area contributed by atoms with E-state index < -0.39 is 15.9 Å². The average Bonchev–Trinajstić information content (AvgIpc) is 2.86. The molecule has 0 aromatic heterocycles. The number of carbonyl (C=O) groups excluding carboxylic acids is 1. The SMILES string of the molecule is COc1ccc(Oc2ccc(Cl)cc2NC(=O)[C@H]2CCCN(S(=O)(=O)c3ccccc3)C2)cc1. The minimum atomic E-state index is -3.67. The summed E-state index contributed by atoms with van der Waals surface area (Å²) >= 11 is 6.17. The molecule has 1 aliphatic heterocycles. The van der Waals surface area contributed by atoms with Gasteiger partial charge in [-0.1, -0.05) is 29.8 Å². The fourth-order valence-corrected chi connectivity index (χ4v) is 5.53. The number of rotatable bonds is 7.